The number of rotatable bonds is 16. The number of hydrogen-bond acceptors (Lipinski definition) is 5. The molecule has 0 spiro atoms. The van der Waals surface area contributed by atoms with Crippen LogP contribution in [-0.4, -0.2) is 22.5 Å². The van der Waals surface area contributed by atoms with Crippen molar-refractivity contribution in [3.63, 3.8) is 0 Å². The zero-order chi connectivity index (χ0) is 26.3. The van der Waals surface area contributed by atoms with Gasteiger partial charge in [-0.2, -0.15) is 0 Å². The number of nitrogens with zero attached hydrogens (tertiary/aromatic N) is 2. The highest BCUT2D eigenvalue weighted by Gasteiger charge is 2.16. The lowest BCUT2D eigenvalue weighted by Crippen LogP contribution is -2.11. The van der Waals surface area contributed by atoms with E-state index >= 15 is 0 Å². The molecule has 0 amide bonds. The summed E-state index contributed by atoms with van der Waals surface area (Å²) in [6, 6.07) is 12.4. The van der Waals surface area contributed by atoms with Gasteiger partial charge in [0, 0.05) is 11.6 Å². The van der Waals surface area contributed by atoms with Crippen molar-refractivity contribution in [1.29, 1.82) is 0 Å². The van der Waals surface area contributed by atoms with Gasteiger partial charge in [-0.3, -0.25) is 0 Å². The van der Waals surface area contributed by atoms with Crippen molar-refractivity contribution in [2.45, 2.75) is 84.5 Å². The van der Waals surface area contributed by atoms with Crippen LogP contribution in [0.25, 0.3) is 11.4 Å². The van der Waals surface area contributed by atoms with Crippen LogP contribution in [0.3, 0.4) is 0 Å². The van der Waals surface area contributed by atoms with Gasteiger partial charge < -0.3 is 9.47 Å². The molecule has 0 aliphatic rings. The molecule has 1 aromatic heterocycles. The summed E-state index contributed by atoms with van der Waals surface area (Å²) in [5.74, 6) is -0.385. The second-order valence-electron chi connectivity index (χ2n) is 9.40. The number of ether oxygens (including phenoxy) is 2. The van der Waals surface area contributed by atoms with Crippen LogP contribution in [0.5, 0.6) is 11.5 Å². The standard InChI is InChI=1S/C31H39FN2O3/c1-3-5-7-8-9-10-12-20-36-26-18-19-28(29(32)21-26)31(35)37-27-22-33-30(34-23-27)25-16-14-24(15-17-25)13-11-6-4-2/h14-19,21-23H,3-13,20H2,1-2H3. The molecule has 5 nitrogen and oxygen atoms in total. The third-order valence-electron chi connectivity index (χ3n) is 6.30. The van der Waals surface area contributed by atoms with Gasteiger partial charge in [0.1, 0.15) is 11.6 Å². The molecular weight excluding hydrogens is 467 g/mol. The molecule has 0 atom stereocenters. The Morgan fingerprint density at radius 1 is 0.784 bits per heavy atom. The van der Waals surface area contributed by atoms with E-state index in [1.807, 2.05) is 12.1 Å². The maximum Gasteiger partial charge on any atom is 0.346 e. The van der Waals surface area contributed by atoms with Crippen molar-refractivity contribution >= 4 is 5.97 Å². The summed E-state index contributed by atoms with van der Waals surface area (Å²) >= 11 is 0. The van der Waals surface area contributed by atoms with Gasteiger partial charge in [0.05, 0.1) is 24.6 Å². The average Bonchev–Trinajstić information content (AvgIpc) is 2.91. The molecule has 0 N–H and O–H groups in total. The van der Waals surface area contributed by atoms with Crippen molar-refractivity contribution in [2.75, 3.05) is 6.61 Å². The lowest BCUT2D eigenvalue weighted by Gasteiger charge is -2.09. The third kappa shape index (κ3) is 9.60. The predicted molar refractivity (Wildman–Crippen MR) is 146 cm³/mol. The second-order valence-corrected chi connectivity index (χ2v) is 9.40. The maximum atomic E-state index is 14.6. The molecule has 198 valence electrons. The van der Waals surface area contributed by atoms with Gasteiger partial charge in [-0.05, 0) is 37.0 Å². The zero-order valence-electron chi connectivity index (χ0n) is 22.2. The number of halogens is 1. The molecule has 2 aromatic carbocycles. The molecule has 37 heavy (non-hydrogen) atoms. The fraction of sp³-hybridized carbons (Fsp3) is 0.452. The third-order valence-corrected chi connectivity index (χ3v) is 6.30. The first kappa shape index (κ1) is 28.3. The summed E-state index contributed by atoms with van der Waals surface area (Å²) in [5.41, 5.74) is 2.01. The highest BCUT2D eigenvalue weighted by atomic mass is 19.1. The highest BCUT2D eigenvalue weighted by molar-refractivity contribution is 5.91. The Hall–Kier alpha value is -3.28. The quantitative estimate of drug-likeness (QED) is 0.144. The van der Waals surface area contributed by atoms with Crippen LogP contribution >= 0.6 is 0 Å². The average molecular weight is 507 g/mol. The smallest absolute Gasteiger partial charge is 0.346 e. The Balaban J connectivity index is 1.47. The number of aromatic nitrogens is 2. The number of esters is 1. The molecule has 0 saturated heterocycles. The first-order chi connectivity index (χ1) is 18.1. The minimum absolute atomic E-state index is 0.156. The molecular formula is C31H39FN2O3. The lowest BCUT2D eigenvalue weighted by molar-refractivity contribution is 0.0728. The largest absolute Gasteiger partial charge is 0.493 e. The highest BCUT2D eigenvalue weighted by Crippen LogP contribution is 2.21. The minimum Gasteiger partial charge on any atom is -0.493 e. The molecule has 0 aliphatic heterocycles. The fourth-order valence-electron chi connectivity index (χ4n) is 4.08. The molecule has 0 bridgehead atoms. The van der Waals surface area contributed by atoms with Crippen LogP contribution in [0, 0.1) is 5.82 Å². The van der Waals surface area contributed by atoms with E-state index in [1.165, 1.54) is 81.5 Å². The molecule has 0 radical (unpaired) electrons. The molecule has 0 aliphatic carbocycles. The Labute approximate surface area is 220 Å². The van der Waals surface area contributed by atoms with Crippen molar-refractivity contribution < 1.29 is 18.7 Å². The Morgan fingerprint density at radius 3 is 2.11 bits per heavy atom. The number of benzene rings is 2. The van der Waals surface area contributed by atoms with Gasteiger partial charge in [-0.1, -0.05) is 89.5 Å². The number of carbonyl (C=O) groups excluding carboxylic acids is 1. The van der Waals surface area contributed by atoms with E-state index in [-0.39, 0.29) is 11.3 Å². The van der Waals surface area contributed by atoms with E-state index in [2.05, 4.69) is 35.9 Å². The Morgan fingerprint density at radius 2 is 1.43 bits per heavy atom. The van der Waals surface area contributed by atoms with Crippen molar-refractivity contribution in [3.8, 4) is 22.9 Å². The minimum atomic E-state index is -0.802. The summed E-state index contributed by atoms with van der Waals surface area (Å²) in [6.45, 7) is 4.93. The van der Waals surface area contributed by atoms with E-state index in [1.54, 1.807) is 6.07 Å². The first-order valence-electron chi connectivity index (χ1n) is 13.7. The molecule has 0 fully saturated rings. The van der Waals surface area contributed by atoms with E-state index in [9.17, 15) is 9.18 Å². The summed E-state index contributed by atoms with van der Waals surface area (Å²) < 4.78 is 25.5. The zero-order valence-corrected chi connectivity index (χ0v) is 22.2. The molecule has 1 heterocycles. The molecule has 3 rings (SSSR count). The Bertz CT molecular complexity index is 1080. The van der Waals surface area contributed by atoms with Gasteiger partial charge in [0.2, 0.25) is 0 Å². The van der Waals surface area contributed by atoms with E-state index in [0.717, 1.165) is 24.8 Å². The van der Waals surface area contributed by atoms with E-state index < -0.39 is 11.8 Å². The number of carbonyl (C=O) groups is 1. The first-order valence-corrected chi connectivity index (χ1v) is 13.7. The summed E-state index contributed by atoms with van der Waals surface area (Å²) in [6.07, 6.45) is 15.8. The maximum absolute atomic E-state index is 14.6. The van der Waals surface area contributed by atoms with E-state index in [4.69, 9.17) is 9.47 Å². The normalized spacial score (nSPS) is 10.9. The number of unbranched alkanes of at least 4 members (excludes halogenated alkanes) is 8. The second kappa shape index (κ2) is 15.7. The molecule has 0 unspecified atom stereocenters. The molecule has 6 heteroatoms. The summed E-state index contributed by atoms with van der Waals surface area (Å²) in [5, 5.41) is 0. The van der Waals surface area contributed by atoms with Crippen LogP contribution < -0.4 is 9.47 Å². The monoisotopic (exact) mass is 506 g/mol. The van der Waals surface area contributed by atoms with Crippen molar-refractivity contribution in [2.24, 2.45) is 0 Å². The summed E-state index contributed by atoms with van der Waals surface area (Å²) in [7, 11) is 0. The predicted octanol–water partition coefficient (Wildman–Crippen LogP) is 8.36. The lowest BCUT2D eigenvalue weighted by atomic mass is 10.1. The van der Waals surface area contributed by atoms with Gasteiger partial charge in [-0.25, -0.2) is 19.2 Å². The number of hydrogen-bond donors (Lipinski definition) is 0. The van der Waals surface area contributed by atoms with Crippen LogP contribution in [0.4, 0.5) is 4.39 Å². The topological polar surface area (TPSA) is 61.3 Å². The summed E-state index contributed by atoms with van der Waals surface area (Å²) in [4.78, 5) is 21.1. The van der Waals surface area contributed by atoms with Crippen molar-refractivity contribution in [3.05, 3.63) is 71.8 Å². The SMILES string of the molecule is CCCCCCCCCOc1ccc(C(=O)Oc2cnc(-c3ccc(CCCCC)cc3)nc2)c(F)c1. The van der Waals surface area contributed by atoms with Crippen LogP contribution in [-0.2, 0) is 6.42 Å². The van der Waals surface area contributed by atoms with Crippen LogP contribution in [0.2, 0.25) is 0 Å². The van der Waals surface area contributed by atoms with Gasteiger partial charge in [0.15, 0.2) is 11.6 Å². The van der Waals surface area contributed by atoms with Crippen LogP contribution in [0.1, 0.15) is 94.0 Å². The molecule has 0 saturated carbocycles. The Kier molecular flexibility index (Phi) is 12.0. The number of aryl methyl sites for hydroxylation is 1. The van der Waals surface area contributed by atoms with Crippen LogP contribution in [0.15, 0.2) is 54.9 Å². The van der Waals surface area contributed by atoms with E-state index in [0.29, 0.717) is 18.2 Å². The van der Waals surface area contributed by atoms with Gasteiger partial charge in [-0.15, -0.1) is 0 Å². The van der Waals surface area contributed by atoms with Gasteiger partial charge in [0.25, 0.3) is 0 Å². The van der Waals surface area contributed by atoms with Gasteiger partial charge >= 0.3 is 5.97 Å². The fourth-order valence-corrected chi connectivity index (χ4v) is 4.08. The van der Waals surface area contributed by atoms with Crippen molar-refractivity contribution in [1.82, 2.24) is 9.97 Å². The molecule has 3 aromatic rings.